The van der Waals surface area contributed by atoms with Crippen molar-refractivity contribution >= 4 is 5.91 Å². The minimum Gasteiger partial charge on any atom is -0.396 e. The number of carbonyl (C=O) groups excluding carboxylic acids is 1. The highest BCUT2D eigenvalue weighted by atomic mass is 16.3. The molecule has 0 spiro atoms. The highest BCUT2D eigenvalue weighted by Gasteiger charge is 2.07. The van der Waals surface area contributed by atoms with E-state index in [0.29, 0.717) is 18.9 Å². The SMILES string of the molecule is CCCCCCCC(=O)NCC(CC)CCO. The van der Waals surface area contributed by atoms with Crippen LogP contribution in [0.2, 0.25) is 0 Å². The van der Waals surface area contributed by atoms with Crippen LogP contribution in [0.1, 0.15) is 65.2 Å². The van der Waals surface area contributed by atoms with Crippen molar-refractivity contribution in [2.45, 2.75) is 65.2 Å². The zero-order valence-corrected chi connectivity index (χ0v) is 11.5. The van der Waals surface area contributed by atoms with Crippen molar-refractivity contribution in [3.8, 4) is 0 Å². The summed E-state index contributed by atoms with van der Waals surface area (Å²) in [7, 11) is 0. The first-order valence-corrected chi connectivity index (χ1v) is 7.12. The minimum atomic E-state index is 0.165. The second-order valence-corrected chi connectivity index (χ2v) is 4.75. The molecule has 2 N–H and O–H groups in total. The Balaban J connectivity index is 3.44. The number of hydrogen-bond donors (Lipinski definition) is 2. The third-order valence-corrected chi connectivity index (χ3v) is 3.21. The molecule has 0 aromatic carbocycles. The Kier molecular flexibility index (Phi) is 11.5. The molecule has 1 amide bonds. The molecule has 3 heteroatoms. The average Bonchev–Trinajstić information content (AvgIpc) is 2.34. The Morgan fingerprint density at radius 2 is 1.88 bits per heavy atom. The van der Waals surface area contributed by atoms with Crippen LogP contribution in [-0.4, -0.2) is 24.2 Å². The molecule has 0 fully saturated rings. The molecular formula is C14H29NO2. The zero-order valence-electron chi connectivity index (χ0n) is 11.5. The number of rotatable bonds is 11. The van der Waals surface area contributed by atoms with Gasteiger partial charge in [-0.15, -0.1) is 0 Å². The number of amides is 1. The van der Waals surface area contributed by atoms with Crippen molar-refractivity contribution in [1.29, 1.82) is 0 Å². The third-order valence-electron chi connectivity index (χ3n) is 3.21. The highest BCUT2D eigenvalue weighted by Crippen LogP contribution is 2.07. The van der Waals surface area contributed by atoms with Gasteiger partial charge in [-0.25, -0.2) is 0 Å². The van der Waals surface area contributed by atoms with Gasteiger partial charge in [0.25, 0.3) is 0 Å². The van der Waals surface area contributed by atoms with Crippen LogP contribution in [0, 0.1) is 5.92 Å². The van der Waals surface area contributed by atoms with Gasteiger partial charge in [-0.1, -0.05) is 46.0 Å². The summed E-state index contributed by atoms with van der Waals surface area (Å²) < 4.78 is 0. The van der Waals surface area contributed by atoms with E-state index < -0.39 is 0 Å². The Morgan fingerprint density at radius 1 is 1.18 bits per heavy atom. The fraction of sp³-hybridized carbons (Fsp3) is 0.929. The second kappa shape index (κ2) is 11.9. The second-order valence-electron chi connectivity index (χ2n) is 4.75. The average molecular weight is 243 g/mol. The molecule has 0 aromatic heterocycles. The summed E-state index contributed by atoms with van der Waals surface area (Å²) in [5.41, 5.74) is 0. The molecule has 0 aliphatic carbocycles. The molecule has 0 saturated heterocycles. The first-order chi connectivity index (χ1) is 8.24. The predicted molar refractivity (Wildman–Crippen MR) is 71.9 cm³/mol. The summed E-state index contributed by atoms with van der Waals surface area (Å²) in [6, 6.07) is 0. The van der Waals surface area contributed by atoms with Crippen molar-refractivity contribution in [3.05, 3.63) is 0 Å². The summed E-state index contributed by atoms with van der Waals surface area (Å²) in [6.45, 7) is 5.21. The van der Waals surface area contributed by atoms with Gasteiger partial charge in [0.05, 0.1) is 0 Å². The maximum absolute atomic E-state index is 11.5. The van der Waals surface area contributed by atoms with Crippen LogP contribution in [0.3, 0.4) is 0 Å². The van der Waals surface area contributed by atoms with Gasteiger partial charge in [0, 0.05) is 19.6 Å². The van der Waals surface area contributed by atoms with E-state index in [1.165, 1.54) is 19.3 Å². The Morgan fingerprint density at radius 3 is 2.47 bits per heavy atom. The summed E-state index contributed by atoms with van der Waals surface area (Å²) in [5.74, 6) is 0.585. The monoisotopic (exact) mass is 243 g/mol. The normalized spacial score (nSPS) is 12.4. The van der Waals surface area contributed by atoms with Crippen LogP contribution in [-0.2, 0) is 4.79 Å². The van der Waals surface area contributed by atoms with Gasteiger partial charge in [0.2, 0.25) is 5.91 Å². The first-order valence-electron chi connectivity index (χ1n) is 7.12. The molecule has 0 aromatic rings. The molecule has 0 heterocycles. The molecule has 3 nitrogen and oxygen atoms in total. The van der Waals surface area contributed by atoms with Gasteiger partial charge in [0.1, 0.15) is 0 Å². The lowest BCUT2D eigenvalue weighted by molar-refractivity contribution is -0.121. The van der Waals surface area contributed by atoms with E-state index in [9.17, 15) is 4.79 Å². The first kappa shape index (κ1) is 16.4. The van der Waals surface area contributed by atoms with Crippen molar-refractivity contribution < 1.29 is 9.90 Å². The van der Waals surface area contributed by atoms with Crippen LogP contribution in [0.4, 0.5) is 0 Å². The van der Waals surface area contributed by atoms with E-state index in [1.54, 1.807) is 0 Å². The maximum atomic E-state index is 11.5. The summed E-state index contributed by atoms with van der Waals surface area (Å²) >= 11 is 0. The Hall–Kier alpha value is -0.570. The molecule has 0 rings (SSSR count). The number of unbranched alkanes of at least 4 members (excludes halogenated alkanes) is 4. The fourth-order valence-electron chi connectivity index (χ4n) is 1.87. The van der Waals surface area contributed by atoms with Crippen LogP contribution >= 0.6 is 0 Å². The molecule has 0 saturated carbocycles. The summed E-state index contributed by atoms with van der Waals surface area (Å²) in [4.78, 5) is 11.5. The van der Waals surface area contributed by atoms with Crippen molar-refractivity contribution in [2.75, 3.05) is 13.2 Å². The molecule has 1 unspecified atom stereocenters. The lowest BCUT2D eigenvalue weighted by Gasteiger charge is -2.14. The van der Waals surface area contributed by atoms with Crippen molar-refractivity contribution in [1.82, 2.24) is 5.32 Å². The number of aliphatic hydroxyl groups excluding tert-OH is 1. The van der Waals surface area contributed by atoms with E-state index in [2.05, 4.69) is 19.2 Å². The van der Waals surface area contributed by atoms with E-state index in [0.717, 1.165) is 25.7 Å². The van der Waals surface area contributed by atoms with E-state index >= 15 is 0 Å². The van der Waals surface area contributed by atoms with Crippen molar-refractivity contribution in [2.24, 2.45) is 5.92 Å². The predicted octanol–water partition coefficient (Wildman–Crippen LogP) is 2.87. The zero-order chi connectivity index (χ0) is 12.9. The molecule has 17 heavy (non-hydrogen) atoms. The number of carbonyl (C=O) groups is 1. The minimum absolute atomic E-state index is 0.165. The van der Waals surface area contributed by atoms with Crippen LogP contribution in [0.15, 0.2) is 0 Å². The molecular weight excluding hydrogens is 214 g/mol. The van der Waals surface area contributed by atoms with Gasteiger partial charge in [0.15, 0.2) is 0 Å². The highest BCUT2D eigenvalue weighted by molar-refractivity contribution is 5.75. The number of aliphatic hydroxyl groups is 1. The topological polar surface area (TPSA) is 49.3 Å². The lowest BCUT2D eigenvalue weighted by Crippen LogP contribution is -2.29. The number of hydrogen-bond acceptors (Lipinski definition) is 2. The molecule has 0 aliphatic heterocycles. The largest absolute Gasteiger partial charge is 0.396 e. The van der Waals surface area contributed by atoms with Gasteiger partial charge in [-0.3, -0.25) is 4.79 Å². The Labute approximate surface area is 106 Å². The maximum Gasteiger partial charge on any atom is 0.220 e. The summed E-state index contributed by atoms with van der Waals surface area (Å²) in [5, 5.41) is 11.8. The molecule has 0 aliphatic rings. The van der Waals surface area contributed by atoms with Gasteiger partial charge < -0.3 is 10.4 Å². The van der Waals surface area contributed by atoms with E-state index in [-0.39, 0.29) is 12.5 Å². The van der Waals surface area contributed by atoms with E-state index in [4.69, 9.17) is 5.11 Å². The van der Waals surface area contributed by atoms with Gasteiger partial charge in [-0.2, -0.15) is 0 Å². The van der Waals surface area contributed by atoms with Gasteiger partial charge >= 0.3 is 0 Å². The lowest BCUT2D eigenvalue weighted by atomic mass is 10.0. The van der Waals surface area contributed by atoms with Crippen LogP contribution in [0.25, 0.3) is 0 Å². The molecule has 0 bridgehead atoms. The van der Waals surface area contributed by atoms with Crippen LogP contribution < -0.4 is 5.32 Å². The Bertz CT molecular complexity index is 183. The molecule has 0 radical (unpaired) electrons. The van der Waals surface area contributed by atoms with Crippen LogP contribution in [0.5, 0.6) is 0 Å². The van der Waals surface area contributed by atoms with Crippen molar-refractivity contribution in [3.63, 3.8) is 0 Å². The smallest absolute Gasteiger partial charge is 0.220 e. The third kappa shape index (κ3) is 10.3. The summed E-state index contributed by atoms with van der Waals surface area (Å²) in [6.07, 6.45) is 8.37. The molecule has 1 atom stereocenters. The standard InChI is InChI=1S/C14H29NO2/c1-3-5-6-7-8-9-14(17)15-12-13(4-2)10-11-16/h13,16H,3-12H2,1-2H3,(H,15,17). The quantitative estimate of drug-likeness (QED) is 0.548. The number of nitrogens with one attached hydrogen (secondary N) is 1. The molecule has 102 valence electrons. The van der Waals surface area contributed by atoms with E-state index in [1.807, 2.05) is 0 Å². The van der Waals surface area contributed by atoms with Gasteiger partial charge in [-0.05, 0) is 18.8 Å². The fourth-order valence-corrected chi connectivity index (χ4v) is 1.87.